The number of fused-ring (bicyclic) bond motifs is 1. The van der Waals surface area contributed by atoms with Gasteiger partial charge in [-0.25, -0.2) is 4.39 Å². The molecule has 92 valence electrons. The molecule has 0 aliphatic carbocycles. The van der Waals surface area contributed by atoms with Gasteiger partial charge >= 0.3 is 0 Å². The van der Waals surface area contributed by atoms with Gasteiger partial charge in [0.05, 0.1) is 15.5 Å². The van der Waals surface area contributed by atoms with Crippen LogP contribution in [0.1, 0.15) is 32.7 Å². The Balaban J connectivity index is 2.66. The standard InChI is InChI=1S/C12H14BrFN2S/c1-3-4-7(2)16-11-5-8(13)9(14)6-10(11)15-12(16)17/h5-7H,3-4H2,1-2H3,(H,15,17). The predicted molar refractivity (Wildman–Crippen MR) is 74.4 cm³/mol. The van der Waals surface area contributed by atoms with Crippen molar-refractivity contribution in [2.75, 3.05) is 0 Å². The van der Waals surface area contributed by atoms with Crippen LogP contribution in [-0.4, -0.2) is 9.55 Å². The molecule has 2 rings (SSSR count). The second kappa shape index (κ2) is 4.90. The zero-order valence-electron chi connectivity index (χ0n) is 9.76. The summed E-state index contributed by atoms with van der Waals surface area (Å²) in [7, 11) is 0. The van der Waals surface area contributed by atoms with Gasteiger partial charge in [0.25, 0.3) is 0 Å². The van der Waals surface area contributed by atoms with Crippen LogP contribution in [0.3, 0.4) is 0 Å². The van der Waals surface area contributed by atoms with Crippen molar-refractivity contribution < 1.29 is 4.39 Å². The highest BCUT2D eigenvalue weighted by atomic mass is 79.9. The monoisotopic (exact) mass is 316 g/mol. The van der Waals surface area contributed by atoms with Gasteiger partial charge < -0.3 is 9.55 Å². The number of hydrogen-bond acceptors (Lipinski definition) is 1. The van der Waals surface area contributed by atoms with E-state index in [1.54, 1.807) is 6.07 Å². The number of nitrogens with one attached hydrogen (secondary N) is 1. The number of nitrogens with zero attached hydrogens (tertiary/aromatic N) is 1. The molecule has 5 heteroatoms. The van der Waals surface area contributed by atoms with Crippen molar-refractivity contribution in [3.05, 3.63) is 27.2 Å². The number of rotatable bonds is 3. The Kier molecular flexibility index (Phi) is 3.68. The zero-order valence-corrected chi connectivity index (χ0v) is 12.2. The molecule has 17 heavy (non-hydrogen) atoms. The van der Waals surface area contributed by atoms with E-state index in [4.69, 9.17) is 12.2 Å². The summed E-state index contributed by atoms with van der Waals surface area (Å²) >= 11 is 8.51. The summed E-state index contributed by atoms with van der Waals surface area (Å²) < 4.78 is 16.6. The first-order chi connectivity index (χ1) is 8.04. The van der Waals surface area contributed by atoms with Crippen molar-refractivity contribution in [3.63, 3.8) is 0 Å². The van der Waals surface area contributed by atoms with Crippen LogP contribution in [-0.2, 0) is 0 Å². The SMILES string of the molecule is CCCC(C)n1c(=S)[nH]c2cc(F)c(Br)cc21. The average Bonchev–Trinajstić information content (AvgIpc) is 2.55. The topological polar surface area (TPSA) is 20.7 Å². The summed E-state index contributed by atoms with van der Waals surface area (Å²) in [5, 5.41) is 0. The van der Waals surface area contributed by atoms with E-state index < -0.39 is 0 Å². The molecular weight excluding hydrogens is 303 g/mol. The quantitative estimate of drug-likeness (QED) is 0.793. The van der Waals surface area contributed by atoms with E-state index in [9.17, 15) is 4.39 Å². The van der Waals surface area contributed by atoms with E-state index in [0.717, 1.165) is 23.9 Å². The van der Waals surface area contributed by atoms with Gasteiger partial charge in [-0.15, -0.1) is 0 Å². The maximum Gasteiger partial charge on any atom is 0.178 e. The molecule has 1 atom stereocenters. The lowest BCUT2D eigenvalue weighted by Crippen LogP contribution is -2.04. The van der Waals surface area contributed by atoms with Gasteiger partial charge in [-0.2, -0.15) is 0 Å². The minimum absolute atomic E-state index is 0.274. The molecule has 0 saturated heterocycles. The second-order valence-corrected chi connectivity index (χ2v) is 5.46. The van der Waals surface area contributed by atoms with Gasteiger partial charge in [0.15, 0.2) is 4.77 Å². The van der Waals surface area contributed by atoms with Gasteiger partial charge in [-0.1, -0.05) is 13.3 Å². The highest BCUT2D eigenvalue weighted by Crippen LogP contribution is 2.26. The third-order valence-corrected chi connectivity index (χ3v) is 3.81. The van der Waals surface area contributed by atoms with E-state index in [1.807, 2.05) is 0 Å². The largest absolute Gasteiger partial charge is 0.330 e. The minimum Gasteiger partial charge on any atom is -0.330 e. The van der Waals surface area contributed by atoms with Crippen LogP contribution in [0, 0.1) is 10.6 Å². The molecule has 0 aliphatic rings. The van der Waals surface area contributed by atoms with E-state index in [1.165, 1.54) is 6.07 Å². The molecule has 0 fully saturated rings. The van der Waals surface area contributed by atoms with Crippen LogP contribution in [0.15, 0.2) is 16.6 Å². The number of aromatic nitrogens is 2. The molecule has 0 spiro atoms. The van der Waals surface area contributed by atoms with Crippen LogP contribution in [0.2, 0.25) is 0 Å². The molecule has 0 bridgehead atoms. The van der Waals surface area contributed by atoms with E-state index in [-0.39, 0.29) is 5.82 Å². The Hall–Kier alpha value is -0.680. The van der Waals surface area contributed by atoms with E-state index in [0.29, 0.717) is 15.3 Å². The number of hydrogen-bond donors (Lipinski definition) is 1. The fourth-order valence-electron chi connectivity index (χ4n) is 2.11. The lowest BCUT2D eigenvalue weighted by Gasteiger charge is -2.13. The number of aromatic amines is 1. The van der Waals surface area contributed by atoms with Crippen molar-refractivity contribution in [2.24, 2.45) is 0 Å². The van der Waals surface area contributed by atoms with Crippen molar-refractivity contribution in [2.45, 2.75) is 32.7 Å². The van der Waals surface area contributed by atoms with E-state index in [2.05, 4.69) is 39.3 Å². The molecule has 1 aromatic carbocycles. The maximum absolute atomic E-state index is 13.4. The van der Waals surface area contributed by atoms with Crippen LogP contribution in [0.5, 0.6) is 0 Å². The third kappa shape index (κ3) is 2.31. The molecule has 1 aromatic heterocycles. The van der Waals surface area contributed by atoms with Gasteiger partial charge in [0.2, 0.25) is 0 Å². The highest BCUT2D eigenvalue weighted by Gasteiger charge is 2.12. The smallest absolute Gasteiger partial charge is 0.178 e. The lowest BCUT2D eigenvalue weighted by molar-refractivity contribution is 0.507. The van der Waals surface area contributed by atoms with E-state index >= 15 is 0 Å². The molecule has 1 heterocycles. The molecule has 0 aliphatic heterocycles. The normalized spacial score (nSPS) is 13.2. The average molecular weight is 317 g/mol. The Labute approximate surface area is 113 Å². The van der Waals surface area contributed by atoms with Crippen LogP contribution in [0.4, 0.5) is 4.39 Å². The molecule has 2 nitrogen and oxygen atoms in total. The molecule has 0 amide bonds. The summed E-state index contributed by atoms with van der Waals surface area (Å²) in [6.07, 6.45) is 2.15. The zero-order chi connectivity index (χ0) is 12.6. The molecule has 1 unspecified atom stereocenters. The Bertz CT molecular complexity index is 602. The number of H-pyrrole nitrogens is 1. The Morgan fingerprint density at radius 1 is 1.53 bits per heavy atom. The third-order valence-electron chi connectivity index (χ3n) is 2.91. The molecule has 1 N–H and O–H groups in total. The van der Waals surface area contributed by atoms with Crippen molar-refractivity contribution >= 4 is 39.2 Å². The molecule has 0 saturated carbocycles. The lowest BCUT2D eigenvalue weighted by atomic mass is 10.2. The predicted octanol–water partition coefficient (Wildman–Crippen LogP) is 4.96. The van der Waals surface area contributed by atoms with Crippen LogP contribution in [0.25, 0.3) is 11.0 Å². The van der Waals surface area contributed by atoms with Gasteiger partial charge in [0, 0.05) is 12.1 Å². The van der Waals surface area contributed by atoms with Gasteiger partial charge in [-0.05, 0) is 47.6 Å². The summed E-state index contributed by atoms with van der Waals surface area (Å²) in [6, 6.07) is 3.58. The second-order valence-electron chi connectivity index (χ2n) is 4.22. The maximum atomic E-state index is 13.4. The van der Waals surface area contributed by atoms with Crippen molar-refractivity contribution in [3.8, 4) is 0 Å². The first kappa shape index (κ1) is 12.8. The van der Waals surface area contributed by atoms with Crippen molar-refractivity contribution in [1.82, 2.24) is 9.55 Å². The Morgan fingerprint density at radius 2 is 2.24 bits per heavy atom. The first-order valence-corrected chi connectivity index (χ1v) is 6.84. The summed E-state index contributed by atoms with van der Waals surface area (Å²) in [5.74, 6) is -0.274. The molecular formula is C12H14BrFN2S. The van der Waals surface area contributed by atoms with Crippen LogP contribution < -0.4 is 0 Å². The number of halogens is 2. The molecule has 0 radical (unpaired) electrons. The summed E-state index contributed by atoms with van der Waals surface area (Å²) in [5.41, 5.74) is 1.70. The summed E-state index contributed by atoms with van der Waals surface area (Å²) in [6.45, 7) is 4.27. The van der Waals surface area contributed by atoms with Gasteiger partial charge in [-0.3, -0.25) is 0 Å². The number of benzene rings is 1. The molecule has 2 aromatic rings. The highest BCUT2D eigenvalue weighted by molar-refractivity contribution is 9.10. The first-order valence-electron chi connectivity index (χ1n) is 5.63. The minimum atomic E-state index is -0.274. The fourth-order valence-corrected chi connectivity index (χ4v) is 2.82. The fraction of sp³-hybridized carbons (Fsp3) is 0.417. The Morgan fingerprint density at radius 3 is 2.88 bits per heavy atom. The summed E-state index contributed by atoms with van der Waals surface area (Å²) in [4.78, 5) is 3.05. The number of imidazole rings is 1. The van der Waals surface area contributed by atoms with Crippen molar-refractivity contribution in [1.29, 1.82) is 0 Å². The van der Waals surface area contributed by atoms with Gasteiger partial charge in [0.1, 0.15) is 5.82 Å². The van der Waals surface area contributed by atoms with Crippen LogP contribution >= 0.6 is 28.1 Å².